The first-order valence-electron chi connectivity index (χ1n) is 7.77. The summed E-state index contributed by atoms with van der Waals surface area (Å²) in [7, 11) is 0. The van der Waals surface area contributed by atoms with Crippen molar-refractivity contribution in [1.29, 1.82) is 0 Å². The van der Waals surface area contributed by atoms with E-state index in [0.29, 0.717) is 24.2 Å². The van der Waals surface area contributed by atoms with Crippen LogP contribution >= 0.6 is 0 Å². The molecule has 5 heteroatoms. The number of rotatable bonds is 3. The van der Waals surface area contributed by atoms with Crippen LogP contribution in [0, 0.1) is 0 Å². The number of carbonyl (C=O) groups excluding carboxylic acids is 3. The van der Waals surface area contributed by atoms with Crippen LogP contribution in [0.25, 0.3) is 0 Å². The van der Waals surface area contributed by atoms with Crippen LogP contribution in [0.4, 0.5) is 0 Å². The van der Waals surface area contributed by atoms with Gasteiger partial charge < -0.3 is 4.74 Å². The van der Waals surface area contributed by atoms with Crippen molar-refractivity contribution in [2.45, 2.75) is 45.3 Å². The van der Waals surface area contributed by atoms with Gasteiger partial charge in [0.15, 0.2) is 5.78 Å². The zero-order chi connectivity index (χ0) is 16.7. The number of hydrogen-bond donors (Lipinski definition) is 0. The van der Waals surface area contributed by atoms with E-state index >= 15 is 0 Å². The second kappa shape index (κ2) is 5.65. The lowest BCUT2D eigenvalue weighted by atomic mass is 9.89. The van der Waals surface area contributed by atoms with Gasteiger partial charge in [0.05, 0.1) is 23.3 Å². The SMILES string of the molecule is C=C1CCC(N2C(=O)c3cccc(OC(C)C)c3C2=O)C(=O)C1. The van der Waals surface area contributed by atoms with Crippen molar-refractivity contribution in [2.24, 2.45) is 0 Å². The van der Waals surface area contributed by atoms with Gasteiger partial charge >= 0.3 is 0 Å². The first-order valence-corrected chi connectivity index (χ1v) is 7.77. The van der Waals surface area contributed by atoms with Crippen LogP contribution in [0.2, 0.25) is 0 Å². The van der Waals surface area contributed by atoms with Gasteiger partial charge in [0.2, 0.25) is 0 Å². The number of allylic oxidation sites excluding steroid dienone is 1. The third kappa shape index (κ3) is 2.56. The van der Waals surface area contributed by atoms with Crippen molar-refractivity contribution in [3.63, 3.8) is 0 Å². The van der Waals surface area contributed by atoms with Gasteiger partial charge in [-0.25, -0.2) is 0 Å². The molecule has 0 radical (unpaired) electrons. The summed E-state index contributed by atoms with van der Waals surface area (Å²) in [6, 6.07) is 4.28. The second-order valence-corrected chi connectivity index (χ2v) is 6.27. The lowest BCUT2D eigenvalue weighted by Crippen LogP contribution is -2.46. The zero-order valence-electron chi connectivity index (χ0n) is 13.3. The molecule has 1 fully saturated rings. The van der Waals surface area contributed by atoms with Gasteiger partial charge in [0.1, 0.15) is 5.75 Å². The molecule has 1 aromatic carbocycles. The predicted molar refractivity (Wildman–Crippen MR) is 84.5 cm³/mol. The number of fused-ring (bicyclic) bond motifs is 1. The number of ether oxygens (including phenoxy) is 1. The third-order valence-corrected chi connectivity index (χ3v) is 4.15. The Labute approximate surface area is 134 Å². The summed E-state index contributed by atoms with van der Waals surface area (Å²) < 4.78 is 5.66. The molecule has 1 saturated carbocycles. The average Bonchev–Trinajstić information content (AvgIpc) is 2.72. The number of nitrogens with zero attached hydrogens (tertiary/aromatic N) is 1. The van der Waals surface area contributed by atoms with Gasteiger partial charge in [-0.2, -0.15) is 0 Å². The lowest BCUT2D eigenvalue weighted by Gasteiger charge is -2.29. The minimum atomic E-state index is -0.695. The maximum atomic E-state index is 12.8. The normalized spacial score (nSPS) is 21.2. The molecule has 0 aromatic heterocycles. The van der Waals surface area contributed by atoms with Gasteiger partial charge in [-0.1, -0.05) is 18.2 Å². The summed E-state index contributed by atoms with van der Waals surface area (Å²) in [6.07, 6.45) is 1.22. The Morgan fingerprint density at radius 1 is 1.22 bits per heavy atom. The van der Waals surface area contributed by atoms with Crippen molar-refractivity contribution in [3.8, 4) is 5.75 Å². The number of Topliss-reactive ketones (excluding diaryl/α,β-unsaturated/α-hetero) is 1. The largest absolute Gasteiger partial charge is 0.490 e. The minimum absolute atomic E-state index is 0.113. The van der Waals surface area contributed by atoms with Crippen LogP contribution in [0.1, 0.15) is 53.8 Å². The molecule has 0 N–H and O–H groups in total. The maximum Gasteiger partial charge on any atom is 0.266 e. The average molecular weight is 313 g/mol. The molecule has 1 heterocycles. The standard InChI is InChI=1S/C18H19NO4/c1-10(2)23-15-6-4-5-12-16(15)18(22)19(17(12)21)13-8-7-11(3)9-14(13)20/h4-6,10,13H,3,7-9H2,1-2H3. The molecule has 0 saturated heterocycles. The Balaban J connectivity index is 1.98. The molecule has 1 aliphatic carbocycles. The van der Waals surface area contributed by atoms with Crippen molar-refractivity contribution in [2.75, 3.05) is 0 Å². The fraction of sp³-hybridized carbons (Fsp3) is 0.389. The van der Waals surface area contributed by atoms with Crippen LogP contribution < -0.4 is 4.74 Å². The minimum Gasteiger partial charge on any atom is -0.490 e. The summed E-state index contributed by atoms with van der Waals surface area (Å²) in [5, 5.41) is 0. The first kappa shape index (κ1) is 15.5. The zero-order valence-corrected chi connectivity index (χ0v) is 13.3. The number of imide groups is 1. The summed E-state index contributed by atoms with van der Waals surface area (Å²) in [5.41, 5.74) is 1.43. The number of hydrogen-bond acceptors (Lipinski definition) is 4. The third-order valence-electron chi connectivity index (χ3n) is 4.15. The molecule has 1 unspecified atom stereocenters. The van der Waals surface area contributed by atoms with Crippen molar-refractivity contribution in [1.82, 2.24) is 4.90 Å². The summed E-state index contributed by atoms with van der Waals surface area (Å²) in [5.74, 6) is -0.578. The molecule has 1 aromatic rings. The van der Waals surface area contributed by atoms with Gasteiger partial charge in [-0.3, -0.25) is 19.3 Å². The fourth-order valence-electron chi connectivity index (χ4n) is 3.14. The molecule has 2 aliphatic rings. The Morgan fingerprint density at radius 3 is 2.61 bits per heavy atom. The highest BCUT2D eigenvalue weighted by atomic mass is 16.5. The molecule has 1 aliphatic heterocycles. The van der Waals surface area contributed by atoms with Crippen LogP contribution in [0.3, 0.4) is 0 Å². The monoisotopic (exact) mass is 313 g/mol. The highest BCUT2D eigenvalue weighted by Gasteiger charge is 2.45. The van der Waals surface area contributed by atoms with Crippen LogP contribution in [0.5, 0.6) is 5.75 Å². The van der Waals surface area contributed by atoms with E-state index in [-0.39, 0.29) is 23.9 Å². The van der Waals surface area contributed by atoms with Crippen LogP contribution in [-0.2, 0) is 4.79 Å². The van der Waals surface area contributed by atoms with Crippen LogP contribution in [0.15, 0.2) is 30.4 Å². The predicted octanol–water partition coefficient (Wildman–Crippen LogP) is 2.75. The number of carbonyl (C=O) groups is 3. The number of amides is 2. The quantitative estimate of drug-likeness (QED) is 0.636. The summed E-state index contributed by atoms with van der Waals surface area (Å²) >= 11 is 0. The van der Waals surface area contributed by atoms with Gasteiger partial charge in [-0.15, -0.1) is 0 Å². The first-order chi connectivity index (χ1) is 10.9. The van der Waals surface area contributed by atoms with E-state index in [1.54, 1.807) is 18.2 Å². The van der Waals surface area contributed by atoms with E-state index in [1.165, 1.54) is 0 Å². The molecular weight excluding hydrogens is 294 g/mol. The maximum absolute atomic E-state index is 12.8. The van der Waals surface area contributed by atoms with E-state index in [4.69, 9.17) is 4.74 Å². The highest BCUT2D eigenvalue weighted by Crippen LogP contribution is 2.35. The van der Waals surface area contributed by atoms with Gasteiger partial charge in [0, 0.05) is 6.42 Å². The van der Waals surface area contributed by atoms with E-state index in [0.717, 1.165) is 10.5 Å². The van der Waals surface area contributed by atoms with Crippen LogP contribution in [-0.4, -0.2) is 34.6 Å². The fourth-order valence-corrected chi connectivity index (χ4v) is 3.14. The molecule has 120 valence electrons. The Bertz CT molecular complexity index is 720. The number of ketones is 1. The molecule has 5 nitrogen and oxygen atoms in total. The van der Waals surface area contributed by atoms with E-state index in [1.807, 2.05) is 13.8 Å². The van der Waals surface area contributed by atoms with E-state index in [9.17, 15) is 14.4 Å². The van der Waals surface area contributed by atoms with Gasteiger partial charge in [-0.05, 0) is 38.8 Å². The Morgan fingerprint density at radius 2 is 1.96 bits per heavy atom. The lowest BCUT2D eigenvalue weighted by molar-refractivity contribution is -0.123. The second-order valence-electron chi connectivity index (χ2n) is 6.27. The molecule has 23 heavy (non-hydrogen) atoms. The molecule has 0 spiro atoms. The molecule has 2 amide bonds. The van der Waals surface area contributed by atoms with Crippen molar-refractivity contribution < 1.29 is 19.1 Å². The Hall–Kier alpha value is -2.43. The topological polar surface area (TPSA) is 63.7 Å². The smallest absolute Gasteiger partial charge is 0.266 e. The summed E-state index contributed by atoms with van der Waals surface area (Å²) in [6.45, 7) is 7.53. The highest BCUT2D eigenvalue weighted by molar-refractivity contribution is 6.24. The molecule has 0 bridgehead atoms. The number of benzene rings is 1. The van der Waals surface area contributed by atoms with E-state index < -0.39 is 17.9 Å². The molecular formula is C18H19NO4. The molecule has 3 rings (SSSR count). The Kier molecular flexibility index (Phi) is 3.80. The van der Waals surface area contributed by atoms with Crippen molar-refractivity contribution in [3.05, 3.63) is 41.5 Å². The van der Waals surface area contributed by atoms with Crippen molar-refractivity contribution >= 4 is 17.6 Å². The van der Waals surface area contributed by atoms with E-state index in [2.05, 4.69) is 6.58 Å². The summed E-state index contributed by atoms with van der Waals surface area (Å²) in [4.78, 5) is 38.8. The molecule has 1 atom stereocenters. The van der Waals surface area contributed by atoms with Gasteiger partial charge in [0.25, 0.3) is 11.8 Å².